The molecule has 4 N–H and O–H groups in total. The summed E-state index contributed by atoms with van der Waals surface area (Å²) in [7, 11) is 1.50. The highest BCUT2D eigenvalue weighted by molar-refractivity contribution is 5.85. The molecule has 0 amide bonds. The predicted octanol–water partition coefficient (Wildman–Crippen LogP) is 1.47. The van der Waals surface area contributed by atoms with Crippen LogP contribution in [0, 0.1) is 0 Å². The molecular weight excluding hydrogens is 338 g/mol. The van der Waals surface area contributed by atoms with Gasteiger partial charge in [-0.1, -0.05) is 0 Å². The van der Waals surface area contributed by atoms with Gasteiger partial charge in [-0.25, -0.2) is 0 Å². The Kier molecular flexibility index (Phi) is 4.36. The van der Waals surface area contributed by atoms with E-state index in [1.165, 1.54) is 7.11 Å². The van der Waals surface area contributed by atoms with Crippen LogP contribution in [-0.4, -0.2) is 42.6 Å². The Hall–Kier alpha value is -2.48. The van der Waals surface area contributed by atoms with Gasteiger partial charge in [0, 0.05) is 11.6 Å². The van der Waals surface area contributed by atoms with Gasteiger partial charge in [0.05, 0.1) is 7.11 Å². The summed E-state index contributed by atoms with van der Waals surface area (Å²) in [6.07, 6.45) is 1.55. The molecular formula is C19H21NO6. The van der Waals surface area contributed by atoms with Gasteiger partial charge in [-0.3, -0.25) is 0 Å². The van der Waals surface area contributed by atoms with Crippen LogP contribution in [0.3, 0.4) is 0 Å². The van der Waals surface area contributed by atoms with E-state index in [1.54, 1.807) is 12.1 Å². The van der Waals surface area contributed by atoms with Crippen molar-refractivity contribution < 1.29 is 29.5 Å². The van der Waals surface area contributed by atoms with Crippen molar-refractivity contribution in [3.63, 3.8) is 0 Å². The lowest BCUT2D eigenvalue weighted by molar-refractivity contribution is 0.0745. The lowest BCUT2D eigenvalue weighted by Crippen LogP contribution is -2.34. The first-order valence-corrected chi connectivity index (χ1v) is 8.48. The Labute approximate surface area is 150 Å². The number of benzene rings is 2. The second-order valence-electron chi connectivity index (χ2n) is 6.34. The number of phenols is 1. The average Bonchev–Trinajstić information content (AvgIpc) is 2.64. The van der Waals surface area contributed by atoms with Crippen molar-refractivity contribution in [2.45, 2.75) is 18.9 Å². The minimum absolute atomic E-state index is 0.0816. The van der Waals surface area contributed by atoms with Crippen LogP contribution in [0.2, 0.25) is 0 Å². The molecule has 1 atom stereocenters. The molecule has 0 saturated carbocycles. The molecule has 2 aromatic rings. The third-order valence-corrected chi connectivity index (χ3v) is 5.03. The van der Waals surface area contributed by atoms with E-state index in [2.05, 4.69) is 5.32 Å². The highest BCUT2D eigenvalue weighted by Gasteiger charge is 2.34. The van der Waals surface area contributed by atoms with Crippen LogP contribution in [0.15, 0.2) is 18.2 Å². The summed E-state index contributed by atoms with van der Waals surface area (Å²) >= 11 is 0. The Morgan fingerprint density at radius 1 is 1.08 bits per heavy atom. The first kappa shape index (κ1) is 17.0. The van der Waals surface area contributed by atoms with Crippen molar-refractivity contribution in [3.8, 4) is 34.1 Å². The van der Waals surface area contributed by atoms with Crippen molar-refractivity contribution in [2.75, 3.05) is 27.2 Å². The first-order chi connectivity index (χ1) is 12.7. The van der Waals surface area contributed by atoms with E-state index >= 15 is 0 Å². The quantitative estimate of drug-likeness (QED) is 0.600. The van der Waals surface area contributed by atoms with Crippen LogP contribution < -0.4 is 19.5 Å². The van der Waals surface area contributed by atoms with E-state index in [0.717, 1.165) is 47.2 Å². The molecule has 0 aromatic heterocycles. The lowest BCUT2D eigenvalue weighted by atomic mass is 9.77. The van der Waals surface area contributed by atoms with E-state index in [-0.39, 0.29) is 11.8 Å². The maximum absolute atomic E-state index is 10.2. The smallest absolute Gasteiger partial charge is 0.186 e. The lowest BCUT2D eigenvalue weighted by Gasteiger charge is -2.36. The van der Waals surface area contributed by atoms with Gasteiger partial charge in [-0.2, -0.15) is 0 Å². The van der Waals surface area contributed by atoms with Crippen LogP contribution in [0.1, 0.15) is 22.7 Å². The van der Waals surface area contributed by atoms with Crippen molar-refractivity contribution in [2.24, 2.45) is 0 Å². The number of rotatable bonds is 5. The van der Waals surface area contributed by atoms with E-state index in [0.29, 0.717) is 17.2 Å². The average molecular weight is 359 g/mol. The van der Waals surface area contributed by atoms with E-state index in [4.69, 9.17) is 14.2 Å². The molecule has 138 valence electrons. The predicted molar refractivity (Wildman–Crippen MR) is 93.7 cm³/mol. The third kappa shape index (κ3) is 2.56. The molecule has 0 fully saturated rings. The number of aromatic hydroxyl groups is 1. The van der Waals surface area contributed by atoms with Gasteiger partial charge in [0.25, 0.3) is 0 Å². The molecule has 7 heteroatoms. The highest BCUT2D eigenvalue weighted by Crippen LogP contribution is 2.52. The van der Waals surface area contributed by atoms with Crippen LogP contribution in [0.4, 0.5) is 0 Å². The van der Waals surface area contributed by atoms with E-state index in [1.807, 2.05) is 6.07 Å². The Balaban J connectivity index is 2.03. The molecule has 2 aliphatic rings. The van der Waals surface area contributed by atoms with Crippen LogP contribution in [-0.2, 0) is 12.8 Å². The van der Waals surface area contributed by atoms with Gasteiger partial charge in [0.2, 0.25) is 0 Å². The topological polar surface area (TPSA) is 100 Å². The van der Waals surface area contributed by atoms with Crippen molar-refractivity contribution in [1.82, 2.24) is 5.32 Å². The molecule has 0 bridgehead atoms. The number of methoxy groups -OCH3 is 1. The summed E-state index contributed by atoms with van der Waals surface area (Å²) in [5.74, 6) is 1.21. The van der Waals surface area contributed by atoms with Crippen molar-refractivity contribution in [1.29, 1.82) is 0 Å². The zero-order valence-corrected chi connectivity index (χ0v) is 14.4. The molecule has 7 nitrogen and oxygen atoms in total. The van der Waals surface area contributed by atoms with Crippen LogP contribution in [0.25, 0.3) is 11.1 Å². The maximum atomic E-state index is 10.2. The molecule has 0 saturated heterocycles. The summed E-state index contributed by atoms with van der Waals surface area (Å²) in [6.45, 7) is -0.184. The number of ether oxygens (including phenoxy) is 3. The number of nitrogens with one attached hydrogen (secondary N) is 1. The SMILES string of the molecule is COc1cc2c(cc1O)CC1NCCc3cc(OCO)c(OCO)c-2c31. The number of hydrogen-bond donors (Lipinski definition) is 4. The fourth-order valence-corrected chi connectivity index (χ4v) is 4.02. The summed E-state index contributed by atoms with van der Waals surface area (Å²) in [5, 5.41) is 32.3. The number of fused-ring (bicyclic) bond motifs is 2. The maximum Gasteiger partial charge on any atom is 0.186 e. The van der Waals surface area contributed by atoms with Gasteiger partial charge < -0.3 is 34.8 Å². The molecule has 0 spiro atoms. The first-order valence-electron chi connectivity index (χ1n) is 8.48. The second kappa shape index (κ2) is 6.68. The zero-order chi connectivity index (χ0) is 18.3. The Morgan fingerprint density at radius 2 is 1.88 bits per heavy atom. The molecule has 1 heterocycles. The summed E-state index contributed by atoms with van der Waals surface area (Å²) < 4.78 is 16.2. The Morgan fingerprint density at radius 3 is 2.62 bits per heavy atom. The standard InChI is InChI=1S/C19H21NO6/c1-24-15-7-12-11(5-14(15)23)4-13-17-10(2-3-20-13)6-16(25-8-21)19(18(12)17)26-9-22/h5-7,13,20-23H,2-4,8-9H2,1H3. The van der Waals surface area contributed by atoms with E-state index in [9.17, 15) is 15.3 Å². The minimum Gasteiger partial charge on any atom is -0.504 e. The minimum atomic E-state index is -0.518. The number of hydrogen-bond acceptors (Lipinski definition) is 7. The summed E-state index contributed by atoms with van der Waals surface area (Å²) in [4.78, 5) is 0. The fraction of sp³-hybridized carbons (Fsp3) is 0.368. The second-order valence-corrected chi connectivity index (χ2v) is 6.34. The number of aliphatic hydroxyl groups is 2. The van der Waals surface area contributed by atoms with Crippen molar-refractivity contribution in [3.05, 3.63) is 34.9 Å². The summed E-state index contributed by atoms with van der Waals surface area (Å²) in [6, 6.07) is 5.43. The third-order valence-electron chi connectivity index (χ3n) is 5.03. The molecule has 0 radical (unpaired) electrons. The monoisotopic (exact) mass is 359 g/mol. The molecule has 26 heavy (non-hydrogen) atoms. The van der Waals surface area contributed by atoms with Gasteiger partial charge in [0.15, 0.2) is 36.6 Å². The highest BCUT2D eigenvalue weighted by atomic mass is 16.6. The normalized spacial score (nSPS) is 17.3. The van der Waals surface area contributed by atoms with Gasteiger partial charge >= 0.3 is 0 Å². The molecule has 4 rings (SSSR count). The summed E-state index contributed by atoms with van der Waals surface area (Å²) in [5.41, 5.74) is 4.84. The zero-order valence-electron chi connectivity index (χ0n) is 14.4. The van der Waals surface area contributed by atoms with Gasteiger partial charge in [-0.05, 0) is 59.8 Å². The largest absolute Gasteiger partial charge is 0.504 e. The molecule has 2 aromatic carbocycles. The Bertz CT molecular complexity index is 851. The number of aliphatic hydroxyl groups excluding tert-OH is 2. The fourth-order valence-electron chi connectivity index (χ4n) is 4.02. The van der Waals surface area contributed by atoms with Crippen LogP contribution >= 0.6 is 0 Å². The van der Waals surface area contributed by atoms with Gasteiger partial charge in [0.1, 0.15) is 0 Å². The molecule has 1 unspecified atom stereocenters. The number of phenolic OH excluding ortho intramolecular Hbond substituents is 1. The van der Waals surface area contributed by atoms with E-state index < -0.39 is 13.6 Å². The molecule has 1 aliphatic carbocycles. The van der Waals surface area contributed by atoms with Crippen molar-refractivity contribution >= 4 is 0 Å². The molecule has 1 aliphatic heterocycles. The van der Waals surface area contributed by atoms with Crippen LogP contribution in [0.5, 0.6) is 23.0 Å². The van der Waals surface area contributed by atoms with Gasteiger partial charge in [-0.15, -0.1) is 0 Å².